The molecule has 0 aromatic rings. The second kappa shape index (κ2) is 5.28. The van der Waals surface area contributed by atoms with Crippen LogP contribution in [0, 0.1) is 17.8 Å². The quantitative estimate of drug-likeness (QED) is 0.347. The molecule has 1 atom stereocenters. The number of hydrogen-bond donors (Lipinski definition) is 2. The first kappa shape index (κ1) is 9.48. The average Bonchev–Trinajstić information content (AvgIpc) is 1.89. The summed E-state index contributed by atoms with van der Waals surface area (Å²) in [6.45, 7) is 6.09. The minimum absolute atomic E-state index is 0.326. The molecular formula is C8H16N2. The second-order valence-corrected chi connectivity index (χ2v) is 2.65. The zero-order valence-electron chi connectivity index (χ0n) is 6.94. The third-order valence-electron chi connectivity index (χ3n) is 1.52. The van der Waals surface area contributed by atoms with E-state index in [1.54, 1.807) is 0 Å². The highest BCUT2D eigenvalue weighted by Crippen LogP contribution is 2.02. The molecule has 0 aliphatic carbocycles. The lowest BCUT2D eigenvalue weighted by Crippen LogP contribution is -2.38. The number of rotatable bonds is 3. The van der Waals surface area contributed by atoms with E-state index in [-0.39, 0.29) is 0 Å². The predicted molar refractivity (Wildman–Crippen MR) is 44.0 cm³/mol. The first-order valence-electron chi connectivity index (χ1n) is 3.58. The van der Waals surface area contributed by atoms with Gasteiger partial charge in [-0.3, -0.25) is 11.3 Å². The summed E-state index contributed by atoms with van der Waals surface area (Å²) in [6, 6.07) is 0.326. The molecule has 0 bridgehead atoms. The molecule has 10 heavy (non-hydrogen) atoms. The molecule has 0 aliphatic rings. The highest BCUT2D eigenvalue weighted by Gasteiger charge is 2.07. The minimum Gasteiger partial charge on any atom is -0.271 e. The van der Waals surface area contributed by atoms with Crippen LogP contribution in [0.3, 0.4) is 0 Å². The zero-order chi connectivity index (χ0) is 7.98. The van der Waals surface area contributed by atoms with Gasteiger partial charge in [0.2, 0.25) is 0 Å². The molecule has 0 fully saturated rings. The van der Waals surface area contributed by atoms with Crippen LogP contribution in [-0.2, 0) is 0 Å². The first-order valence-corrected chi connectivity index (χ1v) is 3.58. The van der Waals surface area contributed by atoms with Crippen molar-refractivity contribution >= 4 is 0 Å². The van der Waals surface area contributed by atoms with Crippen molar-refractivity contribution in [3.8, 4) is 11.8 Å². The highest BCUT2D eigenvalue weighted by atomic mass is 15.2. The van der Waals surface area contributed by atoms with Crippen LogP contribution in [0.2, 0.25) is 0 Å². The molecule has 0 heterocycles. The maximum Gasteiger partial charge on any atom is 0.0342 e. The predicted octanol–water partition coefficient (Wildman–Crippen LogP) is 0.888. The van der Waals surface area contributed by atoms with Crippen LogP contribution in [0.4, 0.5) is 0 Å². The standard InChI is InChI=1S/C8H16N2/c1-4-5-6-8(10-9)7(2)3/h7-8,10H,6,9H2,1-3H3. The fraction of sp³-hybridized carbons (Fsp3) is 0.750. The molecule has 2 heteroatoms. The fourth-order valence-corrected chi connectivity index (χ4v) is 0.699. The monoisotopic (exact) mass is 140 g/mol. The SMILES string of the molecule is CC#CCC(NN)C(C)C. The molecule has 0 saturated heterocycles. The Morgan fingerprint density at radius 3 is 2.40 bits per heavy atom. The van der Waals surface area contributed by atoms with Gasteiger partial charge >= 0.3 is 0 Å². The van der Waals surface area contributed by atoms with Crippen molar-refractivity contribution in [1.29, 1.82) is 0 Å². The Morgan fingerprint density at radius 2 is 2.10 bits per heavy atom. The number of nitrogens with two attached hydrogens (primary N) is 1. The van der Waals surface area contributed by atoms with E-state index in [1.807, 2.05) is 6.92 Å². The molecule has 58 valence electrons. The Morgan fingerprint density at radius 1 is 1.50 bits per heavy atom. The van der Waals surface area contributed by atoms with Crippen LogP contribution in [0.1, 0.15) is 27.2 Å². The largest absolute Gasteiger partial charge is 0.271 e. The molecule has 2 nitrogen and oxygen atoms in total. The lowest BCUT2D eigenvalue weighted by atomic mass is 10.0. The summed E-state index contributed by atoms with van der Waals surface area (Å²) in [5, 5.41) is 0. The van der Waals surface area contributed by atoms with Crippen molar-refractivity contribution in [3.05, 3.63) is 0 Å². The summed E-state index contributed by atoms with van der Waals surface area (Å²) < 4.78 is 0. The van der Waals surface area contributed by atoms with E-state index in [0.717, 1.165) is 6.42 Å². The second-order valence-electron chi connectivity index (χ2n) is 2.65. The number of hydrazine groups is 1. The van der Waals surface area contributed by atoms with E-state index in [9.17, 15) is 0 Å². The van der Waals surface area contributed by atoms with E-state index in [0.29, 0.717) is 12.0 Å². The summed E-state index contributed by atoms with van der Waals surface area (Å²) in [7, 11) is 0. The smallest absolute Gasteiger partial charge is 0.0342 e. The minimum atomic E-state index is 0.326. The third-order valence-corrected chi connectivity index (χ3v) is 1.52. The van der Waals surface area contributed by atoms with Gasteiger partial charge < -0.3 is 0 Å². The topological polar surface area (TPSA) is 38.0 Å². The molecule has 0 aliphatic heterocycles. The molecule has 1 unspecified atom stereocenters. The molecular weight excluding hydrogens is 124 g/mol. The van der Waals surface area contributed by atoms with Crippen molar-refractivity contribution in [2.24, 2.45) is 11.8 Å². The van der Waals surface area contributed by atoms with Gasteiger partial charge in [0.25, 0.3) is 0 Å². The van der Waals surface area contributed by atoms with Crippen molar-refractivity contribution in [1.82, 2.24) is 5.43 Å². The summed E-state index contributed by atoms with van der Waals surface area (Å²) >= 11 is 0. The van der Waals surface area contributed by atoms with Gasteiger partial charge in [0.05, 0.1) is 0 Å². The Balaban J connectivity index is 3.67. The van der Waals surface area contributed by atoms with Gasteiger partial charge in [-0.1, -0.05) is 13.8 Å². The van der Waals surface area contributed by atoms with E-state index in [4.69, 9.17) is 5.84 Å². The number of nitrogens with one attached hydrogen (secondary N) is 1. The summed E-state index contributed by atoms with van der Waals surface area (Å²) in [6.07, 6.45) is 0.838. The molecule has 0 radical (unpaired) electrons. The molecule has 3 N–H and O–H groups in total. The third kappa shape index (κ3) is 3.49. The number of hydrogen-bond acceptors (Lipinski definition) is 2. The maximum atomic E-state index is 5.30. The van der Waals surface area contributed by atoms with Gasteiger partial charge in [0.15, 0.2) is 0 Å². The van der Waals surface area contributed by atoms with Gasteiger partial charge in [0.1, 0.15) is 0 Å². The van der Waals surface area contributed by atoms with Gasteiger partial charge in [-0.25, -0.2) is 0 Å². The molecule has 0 amide bonds. The lowest BCUT2D eigenvalue weighted by Gasteiger charge is -2.16. The Bertz CT molecular complexity index is 130. The Kier molecular flexibility index (Phi) is 5.00. The lowest BCUT2D eigenvalue weighted by molar-refractivity contribution is 0.414. The van der Waals surface area contributed by atoms with E-state index < -0.39 is 0 Å². The van der Waals surface area contributed by atoms with E-state index in [2.05, 4.69) is 31.1 Å². The summed E-state index contributed by atoms with van der Waals surface area (Å²) in [5.74, 6) is 11.7. The van der Waals surface area contributed by atoms with Crippen molar-refractivity contribution in [2.75, 3.05) is 0 Å². The van der Waals surface area contributed by atoms with Gasteiger partial charge in [-0.05, 0) is 12.8 Å². The van der Waals surface area contributed by atoms with Crippen molar-refractivity contribution in [2.45, 2.75) is 33.2 Å². The molecule has 0 aromatic heterocycles. The van der Waals surface area contributed by atoms with Crippen molar-refractivity contribution in [3.63, 3.8) is 0 Å². The van der Waals surface area contributed by atoms with Gasteiger partial charge in [0, 0.05) is 12.5 Å². The maximum absolute atomic E-state index is 5.30. The van der Waals surface area contributed by atoms with Crippen LogP contribution in [0.5, 0.6) is 0 Å². The molecule has 0 spiro atoms. The fourth-order valence-electron chi connectivity index (χ4n) is 0.699. The Hall–Kier alpha value is -0.520. The zero-order valence-corrected chi connectivity index (χ0v) is 6.94. The van der Waals surface area contributed by atoms with E-state index >= 15 is 0 Å². The van der Waals surface area contributed by atoms with E-state index in [1.165, 1.54) is 0 Å². The van der Waals surface area contributed by atoms with Crippen LogP contribution in [0.25, 0.3) is 0 Å². The molecule has 0 aromatic carbocycles. The summed E-state index contributed by atoms with van der Waals surface area (Å²) in [5.41, 5.74) is 2.73. The van der Waals surface area contributed by atoms with Crippen LogP contribution < -0.4 is 11.3 Å². The average molecular weight is 140 g/mol. The van der Waals surface area contributed by atoms with Crippen molar-refractivity contribution < 1.29 is 0 Å². The molecule has 0 saturated carbocycles. The first-order chi connectivity index (χ1) is 4.72. The van der Waals surface area contributed by atoms with Gasteiger partial charge in [-0.2, -0.15) is 0 Å². The van der Waals surface area contributed by atoms with Crippen LogP contribution >= 0.6 is 0 Å². The van der Waals surface area contributed by atoms with Crippen LogP contribution in [-0.4, -0.2) is 6.04 Å². The van der Waals surface area contributed by atoms with Gasteiger partial charge in [-0.15, -0.1) is 11.8 Å². The molecule has 0 rings (SSSR count). The Labute approximate surface area is 63.2 Å². The normalized spacial score (nSPS) is 12.5. The summed E-state index contributed by atoms with van der Waals surface area (Å²) in [4.78, 5) is 0. The van der Waals surface area contributed by atoms with Crippen LogP contribution in [0.15, 0.2) is 0 Å². The highest BCUT2D eigenvalue weighted by molar-refractivity contribution is 4.98.